The Hall–Kier alpha value is -0.720. The van der Waals surface area contributed by atoms with E-state index in [4.69, 9.17) is 9.95 Å². The van der Waals surface area contributed by atoms with E-state index in [1.807, 2.05) is 22.6 Å². The predicted octanol–water partition coefficient (Wildman–Crippen LogP) is 2.33. The Morgan fingerprint density at radius 3 is 2.50 bits per heavy atom. The van der Waals surface area contributed by atoms with Gasteiger partial charge < -0.3 is 0 Å². The number of diazo groups is 1. The highest BCUT2D eigenvalue weighted by atomic mass is 127. The highest BCUT2D eigenvalue weighted by Crippen LogP contribution is 2.28. The average Bonchev–Trinajstić information content (AvgIpc) is 2.07. The van der Waals surface area contributed by atoms with Crippen LogP contribution in [0.1, 0.15) is 5.56 Å². The van der Waals surface area contributed by atoms with Crippen molar-refractivity contribution in [2.24, 2.45) is 0 Å². The number of hydrogen-bond acceptors (Lipinski definition) is 3. The van der Waals surface area contributed by atoms with E-state index in [1.165, 1.54) is 12.1 Å². The zero-order valence-electron chi connectivity index (χ0n) is 7.10. The van der Waals surface area contributed by atoms with Gasteiger partial charge in [0.2, 0.25) is 5.39 Å². The molecule has 0 heterocycles. The van der Waals surface area contributed by atoms with Crippen molar-refractivity contribution >= 4 is 38.4 Å². The molecule has 0 aliphatic heterocycles. The summed E-state index contributed by atoms with van der Waals surface area (Å²) < 4.78 is 31.2. The fraction of sp³-hybridized carbons (Fsp3) is 0.143. The van der Waals surface area contributed by atoms with Crippen molar-refractivity contribution in [3.8, 4) is 0 Å². The highest BCUT2D eigenvalue weighted by Gasteiger charge is 2.25. The second-order valence-corrected chi connectivity index (χ2v) is 5.20. The molecule has 1 aromatic rings. The van der Waals surface area contributed by atoms with Gasteiger partial charge in [0.05, 0.1) is 0 Å². The van der Waals surface area contributed by atoms with Gasteiger partial charge >= 0.3 is 15.8 Å². The molecule has 0 amide bonds. The third-order valence-corrected chi connectivity index (χ3v) is 3.67. The van der Waals surface area contributed by atoms with E-state index in [-0.39, 0.29) is 5.69 Å². The fourth-order valence-corrected chi connectivity index (χ4v) is 2.24. The van der Waals surface area contributed by atoms with Crippen LogP contribution in [0.3, 0.4) is 0 Å². The quantitative estimate of drug-likeness (QED) is 0.488. The van der Waals surface area contributed by atoms with Crippen LogP contribution in [-0.4, -0.2) is 13.0 Å². The van der Waals surface area contributed by atoms with E-state index in [0.29, 0.717) is 3.57 Å². The average molecular weight is 325 g/mol. The van der Waals surface area contributed by atoms with Gasteiger partial charge in [-0.2, -0.15) is 8.42 Å². The van der Waals surface area contributed by atoms with E-state index in [0.717, 1.165) is 5.56 Å². The van der Waals surface area contributed by atoms with Gasteiger partial charge in [-0.3, -0.25) is 4.55 Å². The molecule has 5 nitrogen and oxygen atoms in total. The summed E-state index contributed by atoms with van der Waals surface area (Å²) in [6.45, 7) is 1.74. The van der Waals surface area contributed by atoms with Crippen LogP contribution >= 0.6 is 22.6 Å². The molecule has 0 spiro atoms. The fourth-order valence-electron chi connectivity index (χ4n) is 0.933. The first-order chi connectivity index (χ1) is 6.36. The zero-order valence-corrected chi connectivity index (χ0v) is 10.1. The molecule has 1 N–H and O–H groups in total. The summed E-state index contributed by atoms with van der Waals surface area (Å²) in [4.78, 5) is 2.40. The van der Waals surface area contributed by atoms with Crippen LogP contribution in [0.25, 0.3) is 4.98 Å². The first-order valence-corrected chi connectivity index (χ1v) is 6.01. The van der Waals surface area contributed by atoms with Gasteiger partial charge in [0.15, 0.2) is 9.87 Å². The van der Waals surface area contributed by atoms with E-state index in [2.05, 4.69) is 4.98 Å². The number of halogens is 1. The van der Waals surface area contributed by atoms with Crippen LogP contribution in [0.15, 0.2) is 17.0 Å². The maximum Gasteiger partial charge on any atom is 0.406 e. The van der Waals surface area contributed by atoms with Crippen molar-refractivity contribution in [3.05, 3.63) is 26.2 Å². The number of nitrogens with zero attached hydrogens (tertiary/aromatic N) is 2. The van der Waals surface area contributed by atoms with Crippen LogP contribution in [-0.2, 0) is 10.1 Å². The van der Waals surface area contributed by atoms with Gasteiger partial charge in [0, 0.05) is 9.64 Å². The van der Waals surface area contributed by atoms with Gasteiger partial charge in [-0.1, -0.05) is 0 Å². The molecule has 1 aromatic carbocycles. The molecular weight excluding hydrogens is 319 g/mol. The largest absolute Gasteiger partial charge is 0.406 e. The first kappa shape index (κ1) is 11.4. The molecule has 0 atom stereocenters. The molecule has 0 radical (unpaired) electrons. The van der Waals surface area contributed by atoms with Crippen LogP contribution in [0.2, 0.25) is 0 Å². The maximum absolute atomic E-state index is 10.9. The highest BCUT2D eigenvalue weighted by molar-refractivity contribution is 14.1. The van der Waals surface area contributed by atoms with Crippen LogP contribution in [0, 0.1) is 15.9 Å². The summed E-state index contributed by atoms with van der Waals surface area (Å²) in [5.41, 5.74) is 0.608. The number of rotatable bonds is 1. The van der Waals surface area contributed by atoms with E-state index >= 15 is 0 Å². The third kappa shape index (κ3) is 2.20. The molecule has 0 fully saturated rings. The lowest BCUT2D eigenvalue weighted by molar-refractivity contribution is 0.483. The van der Waals surface area contributed by atoms with Crippen molar-refractivity contribution in [1.82, 2.24) is 0 Å². The van der Waals surface area contributed by atoms with Crippen molar-refractivity contribution in [2.75, 3.05) is 0 Å². The topological polar surface area (TPSA) is 82.5 Å². The van der Waals surface area contributed by atoms with Crippen LogP contribution in [0.5, 0.6) is 0 Å². The Morgan fingerprint density at radius 2 is 2.07 bits per heavy atom. The SMILES string of the molecule is Cc1cc([N+]#N)c(S(=O)(=O)O)cc1I. The smallest absolute Gasteiger partial charge is 0.282 e. The van der Waals surface area contributed by atoms with Crippen LogP contribution < -0.4 is 0 Å². The standard InChI is InChI=1S/C7H5IN2O3S/c1-4-2-6(10-9)7(3-5(4)8)14(11,12)13/h2-3H,1H3/p+1. The van der Waals surface area contributed by atoms with Gasteiger partial charge in [0.1, 0.15) is 0 Å². The number of hydrogen-bond donors (Lipinski definition) is 1. The summed E-state index contributed by atoms with van der Waals surface area (Å²) in [5, 5.41) is 8.54. The second kappa shape index (κ2) is 3.80. The molecule has 0 aliphatic rings. The van der Waals surface area contributed by atoms with Crippen LogP contribution in [0.4, 0.5) is 5.69 Å². The molecule has 0 aliphatic carbocycles. The van der Waals surface area contributed by atoms with Gasteiger partial charge in [-0.05, 0) is 41.1 Å². The molecule has 14 heavy (non-hydrogen) atoms. The predicted molar refractivity (Wildman–Crippen MR) is 58.5 cm³/mol. The normalized spacial score (nSPS) is 11.0. The molecular formula is C7H6IN2O3S+. The summed E-state index contributed by atoms with van der Waals surface area (Å²) in [5.74, 6) is 0. The Kier molecular flexibility index (Phi) is 3.08. The second-order valence-electron chi connectivity index (χ2n) is 2.64. The molecule has 7 heteroatoms. The maximum atomic E-state index is 10.9. The van der Waals surface area contributed by atoms with Gasteiger partial charge in [0.25, 0.3) is 0 Å². The minimum absolute atomic E-state index is 0.162. The lowest BCUT2D eigenvalue weighted by Crippen LogP contribution is -1.99. The molecule has 0 bridgehead atoms. The van der Waals surface area contributed by atoms with E-state index in [9.17, 15) is 8.42 Å². The minimum atomic E-state index is -4.34. The minimum Gasteiger partial charge on any atom is -0.282 e. The molecule has 74 valence electrons. The third-order valence-electron chi connectivity index (χ3n) is 1.63. The zero-order chi connectivity index (χ0) is 10.9. The summed E-state index contributed by atoms with van der Waals surface area (Å²) >= 11 is 1.92. The Balaban J connectivity index is 3.61. The van der Waals surface area contributed by atoms with Crippen molar-refractivity contribution in [1.29, 1.82) is 5.39 Å². The summed E-state index contributed by atoms with van der Waals surface area (Å²) in [6.07, 6.45) is 0. The Bertz CT molecular complexity index is 518. The monoisotopic (exact) mass is 325 g/mol. The van der Waals surface area contributed by atoms with E-state index < -0.39 is 15.0 Å². The molecule has 0 aromatic heterocycles. The Labute approximate surface area is 94.6 Å². The van der Waals surface area contributed by atoms with E-state index in [1.54, 1.807) is 6.92 Å². The van der Waals surface area contributed by atoms with Crippen molar-refractivity contribution < 1.29 is 13.0 Å². The van der Waals surface area contributed by atoms with Crippen molar-refractivity contribution in [2.45, 2.75) is 11.8 Å². The van der Waals surface area contributed by atoms with Crippen molar-refractivity contribution in [3.63, 3.8) is 0 Å². The molecule has 0 saturated heterocycles. The first-order valence-electron chi connectivity index (χ1n) is 3.49. The Morgan fingerprint density at radius 1 is 1.50 bits per heavy atom. The van der Waals surface area contributed by atoms with Gasteiger partial charge in [-0.15, -0.1) is 0 Å². The molecule has 0 saturated carbocycles. The summed E-state index contributed by atoms with van der Waals surface area (Å²) in [7, 11) is -4.34. The lowest BCUT2D eigenvalue weighted by atomic mass is 10.2. The number of aryl methyl sites for hydroxylation is 1. The van der Waals surface area contributed by atoms with Gasteiger partial charge in [-0.25, -0.2) is 0 Å². The number of benzene rings is 1. The molecule has 1 rings (SSSR count). The summed E-state index contributed by atoms with van der Waals surface area (Å²) in [6, 6.07) is 2.63. The molecule has 0 unspecified atom stereocenters. The lowest BCUT2D eigenvalue weighted by Gasteiger charge is -1.97.